The Bertz CT molecular complexity index is 327. The predicted octanol–water partition coefficient (Wildman–Crippen LogP) is 3.52. The van der Waals surface area contributed by atoms with Crippen molar-refractivity contribution in [3.05, 3.63) is 22.2 Å². The fourth-order valence-corrected chi connectivity index (χ4v) is 1.74. The van der Waals surface area contributed by atoms with Crippen molar-refractivity contribution in [3.8, 4) is 5.75 Å². The van der Waals surface area contributed by atoms with Crippen molar-refractivity contribution in [1.29, 1.82) is 0 Å². The Kier molecular flexibility index (Phi) is 2.75. The van der Waals surface area contributed by atoms with Crippen LogP contribution < -0.4 is 5.32 Å². The maximum absolute atomic E-state index is 9.33. The molecular weight excluding hydrogens is 221 g/mol. The zero-order valence-electron chi connectivity index (χ0n) is 7.56. The summed E-state index contributed by atoms with van der Waals surface area (Å²) in [4.78, 5) is 0. The molecule has 1 aliphatic rings. The van der Waals surface area contributed by atoms with Gasteiger partial charge >= 0.3 is 0 Å². The van der Waals surface area contributed by atoms with Crippen molar-refractivity contribution >= 4 is 28.9 Å². The van der Waals surface area contributed by atoms with Crippen LogP contribution in [0.15, 0.2) is 12.1 Å². The van der Waals surface area contributed by atoms with Gasteiger partial charge in [0.25, 0.3) is 0 Å². The smallest absolute Gasteiger partial charge is 0.152 e. The second-order valence-electron chi connectivity index (χ2n) is 3.61. The van der Waals surface area contributed by atoms with E-state index < -0.39 is 0 Å². The van der Waals surface area contributed by atoms with Crippen molar-refractivity contribution in [1.82, 2.24) is 0 Å². The van der Waals surface area contributed by atoms with Gasteiger partial charge in [-0.15, -0.1) is 0 Å². The molecule has 1 fully saturated rings. The first-order chi connectivity index (χ1) is 6.66. The Labute approximate surface area is 92.8 Å². The van der Waals surface area contributed by atoms with Gasteiger partial charge in [0.2, 0.25) is 0 Å². The molecule has 0 radical (unpaired) electrons. The Morgan fingerprint density at radius 2 is 1.86 bits per heavy atom. The monoisotopic (exact) mass is 231 g/mol. The number of aromatic hydroxyl groups is 1. The maximum Gasteiger partial charge on any atom is 0.152 e. The number of phenols is 1. The molecule has 0 atom stereocenters. The van der Waals surface area contributed by atoms with E-state index in [2.05, 4.69) is 5.32 Å². The molecule has 2 N–H and O–H groups in total. The standard InChI is InChI=1S/C10H11Cl2NO/c11-8-3-7(4-9(12)10(8)14)13-5-6-1-2-6/h3-4,6,13-14H,1-2,5H2. The van der Waals surface area contributed by atoms with Gasteiger partial charge in [-0.1, -0.05) is 23.2 Å². The minimum atomic E-state index is -0.0506. The Morgan fingerprint density at radius 3 is 2.36 bits per heavy atom. The molecule has 1 saturated carbocycles. The van der Waals surface area contributed by atoms with Crippen LogP contribution in [-0.2, 0) is 0 Å². The van der Waals surface area contributed by atoms with Gasteiger partial charge in [0.1, 0.15) is 0 Å². The lowest BCUT2D eigenvalue weighted by atomic mass is 10.3. The summed E-state index contributed by atoms with van der Waals surface area (Å²) in [6.45, 7) is 0.956. The molecule has 2 nitrogen and oxygen atoms in total. The summed E-state index contributed by atoms with van der Waals surface area (Å²) in [6, 6.07) is 3.37. The molecule has 1 aromatic carbocycles. The van der Waals surface area contributed by atoms with Gasteiger partial charge in [-0.25, -0.2) is 0 Å². The van der Waals surface area contributed by atoms with Crippen LogP contribution in [0.3, 0.4) is 0 Å². The number of benzene rings is 1. The van der Waals surface area contributed by atoms with E-state index >= 15 is 0 Å². The molecule has 0 bridgehead atoms. The van der Waals surface area contributed by atoms with Crippen LogP contribution in [0.25, 0.3) is 0 Å². The molecule has 0 amide bonds. The molecule has 0 saturated heterocycles. The number of hydrogen-bond acceptors (Lipinski definition) is 2. The normalized spacial score (nSPS) is 15.6. The molecule has 76 valence electrons. The SMILES string of the molecule is Oc1c(Cl)cc(NCC2CC2)cc1Cl. The van der Waals surface area contributed by atoms with Crippen LogP contribution in [0.4, 0.5) is 5.69 Å². The second-order valence-corrected chi connectivity index (χ2v) is 4.43. The summed E-state index contributed by atoms with van der Waals surface area (Å²) >= 11 is 11.6. The molecule has 0 aliphatic heterocycles. The number of anilines is 1. The van der Waals surface area contributed by atoms with Crippen LogP contribution in [0, 0.1) is 5.92 Å². The van der Waals surface area contributed by atoms with E-state index in [-0.39, 0.29) is 15.8 Å². The summed E-state index contributed by atoms with van der Waals surface area (Å²) in [7, 11) is 0. The van der Waals surface area contributed by atoms with E-state index in [4.69, 9.17) is 23.2 Å². The van der Waals surface area contributed by atoms with Gasteiger partial charge in [-0.3, -0.25) is 0 Å². The van der Waals surface area contributed by atoms with Crippen LogP contribution in [-0.4, -0.2) is 11.7 Å². The zero-order chi connectivity index (χ0) is 10.1. The molecule has 1 aromatic rings. The van der Waals surface area contributed by atoms with Gasteiger partial charge < -0.3 is 10.4 Å². The van der Waals surface area contributed by atoms with Crippen LogP contribution in [0.1, 0.15) is 12.8 Å². The van der Waals surface area contributed by atoms with E-state index in [0.29, 0.717) is 0 Å². The van der Waals surface area contributed by atoms with Gasteiger partial charge in [0.05, 0.1) is 10.0 Å². The van der Waals surface area contributed by atoms with Crippen molar-refractivity contribution in [3.63, 3.8) is 0 Å². The highest BCUT2D eigenvalue weighted by Gasteiger charge is 2.20. The Morgan fingerprint density at radius 1 is 1.29 bits per heavy atom. The summed E-state index contributed by atoms with van der Waals surface area (Å²) in [5.41, 5.74) is 0.865. The average Bonchev–Trinajstić information content (AvgIpc) is 2.94. The summed E-state index contributed by atoms with van der Waals surface area (Å²) < 4.78 is 0. The molecule has 0 heterocycles. The van der Waals surface area contributed by atoms with Crippen molar-refractivity contribution in [2.24, 2.45) is 5.92 Å². The number of hydrogen-bond donors (Lipinski definition) is 2. The highest BCUT2D eigenvalue weighted by molar-refractivity contribution is 6.37. The fourth-order valence-electron chi connectivity index (χ4n) is 1.25. The molecule has 2 rings (SSSR count). The number of rotatable bonds is 3. The summed E-state index contributed by atoms with van der Waals surface area (Å²) in [6.07, 6.45) is 2.60. The average molecular weight is 232 g/mol. The number of halogens is 2. The van der Waals surface area contributed by atoms with E-state index in [1.807, 2.05) is 0 Å². The molecule has 0 aromatic heterocycles. The summed E-state index contributed by atoms with van der Waals surface area (Å²) in [5.74, 6) is 0.742. The predicted molar refractivity (Wildman–Crippen MR) is 59.3 cm³/mol. The third-order valence-corrected chi connectivity index (χ3v) is 2.88. The molecule has 0 spiro atoms. The fraction of sp³-hybridized carbons (Fsp3) is 0.400. The Hall–Kier alpha value is -0.600. The third-order valence-electron chi connectivity index (χ3n) is 2.31. The highest BCUT2D eigenvalue weighted by atomic mass is 35.5. The molecule has 14 heavy (non-hydrogen) atoms. The highest BCUT2D eigenvalue weighted by Crippen LogP contribution is 2.35. The Balaban J connectivity index is 2.08. The first-order valence-corrected chi connectivity index (χ1v) is 5.34. The summed E-state index contributed by atoms with van der Waals surface area (Å²) in [5, 5.41) is 13.1. The quantitative estimate of drug-likeness (QED) is 0.781. The van der Waals surface area contributed by atoms with Crippen LogP contribution in [0.2, 0.25) is 10.0 Å². The van der Waals surface area contributed by atoms with Gasteiger partial charge in [-0.2, -0.15) is 0 Å². The lowest BCUT2D eigenvalue weighted by Gasteiger charge is -2.07. The third kappa shape index (κ3) is 2.25. The van der Waals surface area contributed by atoms with E-state index in [1.165, 1.54) is 12.8 Å². The minimum Gasteiger partial charge on any atom is -0.505 e. The van der Waals surface area contributed by atoms with Crippen LogP contribution in [0.5, 0.6) is 5.75 Å². The minimum absolute atomic E-state index is 0.0506. The molecular formula is C10H11Cl2NO. The topological polar surface area (TPSA) is 32.3 Å². The van der Waals surface area contributed by atoms with E-state index in [1.54, 1.807) is 12.1 Å². The van der Waals surface area contributed by atoms with Crippen molar-refractivity contribution in [2.45, 2.75) is 12.8 Å². The van der Waals surface area contributed by atoms with Gasteiger partial charge in [0.15, 0.2) is 5.75 Å². The van der Waals surface area contributed by atoms with Gasteiger partial charge in [0, 0.05) is 12.2 Å². The van der Waals surface area contributed by atoms with E-state index in [0.717, 1.165) is 18.2 Å². The van der Waals surface area contributed by atoms with Crippen LogP contribution >= 0.6 is 23.2 Å². The lowest BCUT2D eigenvalue weighted by Crippen LogP contribution is -2.02. The first kappa shape index (κ1) is 9.94. The zero-order valence-corrected chi connectivity index (χ0v) is 9.07. The van der Waals surface area contributed by atoms with Crippen molar-refractivity contribution < 1.29 is 5.11 Å². The molecule has 0 unspecified atom stereocenters. The number of phenolic OH excluding ortho intramolecular Hbond substituents is 1. The largest absolute Gasteiger partial charge is 0.505 e. The number of nitrogens with one attached hydrogen (secondary N) is 1. The van der Waals surface area contributed by atoms with Crippen molar-refractivity contribution in [2.75, 3.05) is 11.9 Å². The van der Waals surface area contributed by atoms with Gasteiger partial charge in [-0.05, 0) is 30.9 Å². The maximum atomic E-state index is 9.33. The molecule has 1 aliphatic carbocycles. The van der Waals surface area contributed by atoms with E-state index in [9.17, 15) is 5.11 Å². The lowest BCUT2D eigenvalue weighted by molar-refractivity contribution is 0.476. The second kappa shape index (κ2) is 3.87. The first-order valence-electron chi connectivity index (χ1n) is 4.58. The molecule has 4 heteroatoms.